The summed E-state index contributed by atoms with van der Waals surface area (Å²) < 4.78 is 5.35. The number of fused-ring (bicyclic) bond motifs is 1. The third kappa shape index (κ3) is 4.19. The Bertz CT molecular complexity index is 715. The number of carbonyl (C=O) groups is 1. The summed E-state index contributed by atoms with van der Waals surface area (Å²) in [5.74, 6) is 0.468. The molecule has 1 aliphatic heterocycles. The second-order valence-corrected chi connectivity index (χ2v) is 6.98. The average Bonchev–Trinajstić information content (AvgIpc) is 2.66. The molecule has 0 aliphatic carbocycles. The Labute approximate surface area is 151 Å². The van der Waals surface area contributed by atoms with Crippen molar-refractivity contribution in [1.82, 2.24) is 0 Å². The maximum atomic E-state index is 12.2. The van der Waals surface area contributed by atoms with Gasteiger partial charge < -0.3 is 4.74 Å². The Morgan fingerprint density at radius 3 is 2.44 bits per heavy atom. The molecule has 2 aromatic rings. The van der Waals surface area contributed by atoms with E-state index in [1.165, 1.54) is 36.0 Å². The molecular formula is C23H28O2. The Morgan fingerprint density at radius 2 is 1.72 bits per heavy atom. The van der Waals surface area contributed by atoms with Gasteiger partial charge in [-0.2, -0.15) is 0 Å². The molecule has 3 rings (SSSR count). The molecule has 0 radical (unpaired) electrons. The van der Waals surface area contributed by atoms with Gasteiger partial charge >= 0.3 is 0 Å². The van der Waals surface area contributed by atoms with Crippen LogP contribution in [0.5, 0.6) is 0 Å². The van der Waals surface area contributed by atoms with Crippen LogP contribution < -0.4 is 0 Å². The summed E-state index contributed by atoms with van der Waals surface area (Å²) >= 11 is 0. The molecule has 0 saturated heterocycles. The van der Waals surface area contributed by atoms with Crippen LogP contribution in [0.15, 0.2) is 42.5 Å². The Morgan fingerprint density at radius 1 is 0.960 bits per heavy atom. The van der Waals surface area contributed by atoms with E-state index >= 15 is 0 Å². The fourth-order valence-corrected chi connectivity index (χ4v) is 3.64. The first-order valence-corrected chi connectivity index (χ1v) is 9.55. The van der Waals surface area contributed by atoms with Gasteiger partial charge in [-0.15, -0.1) is 0 Å². The van der Waals surface area contributed by atoms with Gasteiger partial charge in [0.1, 0.15) is 6.61 Å². The van der Waals surface area contributed by atoms with Crippen LogP contribution in [-0.4, -0.2) is 12.4 Å². The average molecular weight is 336 g/mol. The molecule has 1 aliphatic rings. The minimum atomic E-state index is 0.108. The van der Waals surface area contributed by atoms with Crippen molar-refractivity contribution < 1.29 is 9.53 Å². The van der Waals surface area contributed by atoms with Gasteiger partial charge in [0.2, 0.25) is 0 Å². The SMILES string of the molecule is CCCCCC(c1ccc(CC)cc1)c1ccc2c(c1)C(=O)COC2. The zero-order valence-corrected chi connectivity index (χ0v) is 15.4. The summed E-state index contributed by atoms with van der Waals surface area (Å²) in [7, 11) is 0. The molecule has 132 valence electrons. The molecule has 25 heavy (non-hydrogen) atoms. The van der Waals surface area contributed by atoms with Gasteiger partial charge in [0.25, 0.3) is 0 Å². The minimum Gasteiger partial charge on any atom is -0.369 e. The van der Waals surface area contributed by atoms with Gasteiger partial charge in [-0.25, -0.2) is 0 Å². The number of carbonyl (C=O) groups excluding carboxylic acids is 1. The van der Waals surface area contributed by atoms with E-state index in [0.717, 1.165) is 24.0 Å². The van der Waals surface area contributed by atoms with Crippen LogP contribution in [0.25, 0.3) is 0 Å². The zero-order chi connectivity index (χ0) is 17.6. The first-order valence-electron chi connectivity index (χ1n) is 9.55. The van der Waals surface area contributed by atoms with Crippen molar-refractivity contribution in [2.45, 2.75) is 58.5 Å². The number of ether oxygens (including phenoxy) is 1. The smallest absolute Gasteiger partial charge is 0.188 e. The lowest BCUT2D eigenvalue weighted by molar-refractivity contribution is 0.0665. The van der Waals surface area contributed by atoms with E-state index in [-0.39, 0.29) is 12.4 Å². The summed E-state index contributed by atoms with van der Waals surface area (Å²) in [6.45, 7) is 5.18. The summed E-state index contributed by atoms with van der Waals surface area (Å²) in [6, 6.07) is 15.4. The van der Waals surface area contributed by atoms with Crippen molar-refractivity contribution in [3.63, 3.8) is 0 Å². The van der Waals surface area contributed by atoms with Crippen LogP contribution in [0.4, 0.5) is 0 Å². The summed E-state index contributed by atoms with van der Waals surface area (Å²) in [5.41, 5.74) is 5.86. The molecule has 0 bridgehead atoms. The van der Waals surface area contributed by atoms with Crippen molar-refractivity contribution in [1.29, 1.82) is 0 Å². The molecule has 2 heteroatoms. The zero-order valence-electron chi connectivity index (χ0n) is 15.4. The standard InChI is InChI=1S/C23H28O2/c1-3-5-6-7-21(18-10-8-17(4-2)9-11-18)19-12-13-20-15-25-16-23(24)22(20)14-19/h8-14,21H,3-7,15-16H2,1-2H3. The van der Waals surface area contributed by atoms with E-state index in [2.05, 4.69) is 56.3 Å². The predicted molar refractivity (Wildman–Crippen MR) is 102 cm³/mol. The summed E-state index contributed by atoms with van der Waals surface area (Å²) in [5, 5.41) is 0. The van der Waals surface area contributed by atoms with Crippen molar-refractivity contribution >= 4 is 5.78 Å². The molecule has 2 aromatic carbocycles. The third-order valence-corrected chi connectivity index (χ3v) is 5.21. The topological polar surface area (TPSA) is 26.3 Å². The summed E-state index contributed by atoms with van der Waals surface area (Å²) in [4.78, 5) is 12.2. The van der Waals surface area contributed by atoms with Crippen LogP contribution in [0.2, 0.25) is 0 Å². The quantitative estimate of drug-likeness (QED) is 0.609. The first kappa shape index (κ1) is 17.9. The fraction of sp³-hybridized carbons (Fsp3) is 0.435. The van der Waals surface area contributed by atoms with Crippen LogP contribution in [0.3, 0.4) is 0 Å². The number of benzene rings is 2. The van der Waals surface area contributed by atoms with Crippen molar-refractivity contribution in [2.24, 2.45) is 0 Å². The number of ketones is 1. The number of aryl methyl sites for hydroxylation is 1. The normalized spacial score (nSPS) is 15.0. The Balaban J connectivity index is 1.93. The van der Waals surface area contributed by atoms with Gasteiger partial charge in [0, 0.05) is 11.5 Å². The van der Waals surface area contributed by atoms with Crippen LogP contribution in [0, 0.1) is 0 Å². The van der Waals surface area contributed by atoms with Gasteiger partial charge in [0.05, 0.1) is 6.61 Å². The van der Waals surface area contributed by atoms with E-state index in [1.807, 2.05) is 0 Å². The maximum Gasteiger partial charge on any atom is 0.188 e. The highest BCUT2D eigenvalue weighted by atomic mass is 16.5. The van der Waals surface area contributed by atoms with Crippen molar-refractivity contribution in [3.05, 3.63) is 70.3 Å². The lowest BCUT2D eigenvalue weighted by Gasteiger charge is -2.22. The molecule has 1 heterocycles. The van der Waals surface area contributed by atoms with Crippen LogP contribution >= 0.6 is 0 Å². The highest BCUT2D eigenvalue weighted by Crippen LogP contribution is 2.32. The molecule has 0 fully saturated rings. The van der Waals surface area contributed by atoms with E-state index in [1.54, 1.807) is 0 Å². The molecule has 1 atom stereocenters. The molecule has 1 unspecified atom stereocenters. The lowest BCUT2D eigenvalue weighted by Crippen LogP contribution is -2.18. The van der Waals surface area contributed by atoms with Gasteiger partial charge in [-0.3, -0.25) is 4.79 Å². The summed E-state index contributed by atoms with van der Waals surface area (Å²) in [6.07, 6.45) is 5.88. The van der Waals surface area contributed by atoms with Gasteiger partial charge in [0.15, 0.2) is 5.78 Å². The molecular weight excluding hydrogens is 308 g/mol. The van der Waals surface area contributed by atoms with Crippen molar-refractivity contribution in [2.75, 3.05) is 6.61 Å². The fourth-order valence-electron chi connectivity index (χ4n) is 3.64. The second-order valence-electron chi connectivity index (χ2n) is 6.98. The molecule has 0 amide bonds. The van der Waals surface area contributed by atoms with Gasteiger partial charge in [-0.1, -0.05) is 69.5 Å². The maximum absolute atomic E-state index is 12.2. The highest BCUT2D eigenvalue weighted by molar-refractivity contribution is 5.99. The number of unbranched alkanes of at least 4 members (excludes halogenated alkanes) is 2. The highest BCUT2D eigenvalue weighted by Gasteiger charge is 2.21. The Hall–Kier alpha value is -1.93. The molecule has 0 spiro atoms. The monoisotopic (exact) mass is 336 g/mol. The number of rotatable bonds is 7. The molecule has 0 saturated carbocycles. The first-order chi connectivity index (χ1) is 12.2. The minimum absolute atomic E-state index is 0.108. The van der Waals surface area contributed by atoms with E-state index in [0.29, 0.717) is 12.5 Å². The van der Waals surface area contributed by atoms with Crippen molar-refractivity contribution in [3.8, 4) is 0 Å². The largest absolute Gasteiger partial charge is 0.369 e. The lowest BCUT2D eigenvalue weighted by atomic mass is 9.84. The van der Waals surface area contributed by atoms with Gasteiger partial charge in [-0.05, 0) is 41.2 Å². The number of hydrogen-bond acceptors (Lipinski definition) is 2. The van der Waals surface area contributed by atoms with Crippen LogP contribution in [0.1, 0.15) is 78.1 Å². The molecule has 0 aromatic heterocycles. The number of Topliss-reactive ketones (excluding diaryl/α,β-unsaturated/α-hetero) is 1. The second kappa shape index (κ2) is 8.44. The van der Waals surface area contributed by atoms with E-state index in [9.17, 15) is 4.79 Å². The number of hydrogen-bond donors (Lipinski definition) is 0. The molecule has 2 nitrogen and oxygen atoms in total. The van der Waals surface area contributed by atoms with Crippen LogP contribution in [-0.2, 0) is 17.8 Å². The molecule has 0 N–H and O–H groups in total. The predicted octanol–water partition coefficient (Wildman–Crippen LogP) is 5.67. The third-order valence-electron chi connectivity index (χ3n) is 5.21. The Kier molecular flexibility index (Phi) is 6.04. The van der Waals surface area contributed by atoms with E-state index in [4.69, 9.17) is 4.74 Å². The van der Waals surface area contributed by atoms with E-state index < -0.39 is 0 Å².